The van der Waals surface area contributed by atoms with Crippen LogP contribution < -0.4 is 0 Å². The van der Waals surface area contributed by atoms with E-state index in [0.29, 0.717) is 0 Å². The second kappa shape index (κ2) is 23.1. The lowest BCUT2D eigenvalue weighted by atomic mass is 10.9. The molecule has 0 aliphatic carbocycles. The first-order valence-corrected chi connectivity index (χ1v) is 5.42. The van der Waals surface area contributed by atoms with Crippen molar-refractivity contribution in [1.82, 2.24) is 0 Å². The summed E-state index contributed by atoms with van der Waals surface area (Å²) in [6, 6.07) is 0. The van der Waals surface area contributed by atoms with Gasteiger partial charge < -0.3 is 30.0 Å². The molecule has 0 aromatic carbocycles. The average molecular weight is 236 g/mol. The van der Waals surface area contributed by atoms with Crippen LogP contribution >= 0.6 is 7.82 Å². The zero-order chi connectivity index (χ0) is 12.6. The van der Waals surface area contributed by atoms with Crippen LogP contribution in [0.3, 0.4) is 0 Å². The van der Waals surface area contributed by atoms with Gasteiger partial charge >= 0.3 is 7.82 Å². The highest BCUT2D eigenvalue weighted by Crippen LogP contribution is 2.25. The quantitative estimate of drug-likeness (QED) is 0.298. The van der Waals surface area contributed by atoms with Gasteiger partial charge in [-0.15, -0.1) is 0 Å². The SMILES string of the molecule is CCO.CCO.CCO.O=P(O)(O)O. The summed E-state index contributed by atoms with van der Waals surface area (Å²) in [5, 5.41) is 22.7. The van der Waals surface area contributed by atoms with Gasteiger partial charge in [-0.05, 0) is 20.8 Å². The van der Waals surface area contributed by atoms with Crippen molar-refractivity contribution in [2.24, 2.45) is 0 Å². The molecule has 0 radical (unpaired) electrons. The molecule has 0 heterocycles. The number of phosphoric acid groups is 1. The molecule has 6 N–H and O–H groups in total. The Kier molecular flexibility index (Phi) is 39.0. The van der Waals surface area contributed by atoms with E-state index in [-0.39, 0.29) is 19.8 Å². The fraction of sp³-hybridized carbons (Fsp3) is 1.00. The van der Waals surface area contributed by atoms with Gasteiger partial charge in [0.1, 0.15) is 0 Å². The molecule has 0 saturated heterocycles. The third-order valence-electron chi connectivity index (χ3n) is 0. The Balaban J connectivity index is -0.0000000495. The fourth-order valence-electron chi connectivity index (χ4n) is 0. The molecule has 0 atom stereocenters. The topological polar surface area (TPSA) is 138 Å². The summed E-state index contributed by atoms with van der Waals surface area (Å²) < 4.78 is 8.88. The van der Waals surface area contributed by atoms with Crippen molar-refractivity contribution in [2.75, 3.05) is 19.8 Å². The van der Waals surface area contributed by atoms with Crippen molar-refractivity contribution in [2.45, 2.75) is 20.8 Å². The van der Waals surface area contributed by atoms with Gasteiger partial charge in [0.25, 0.3) is 0 Å². The van der Waals surface area contributed by atoms with E-state index in [2.05, 4.69) is 0 Å². The minimum atomic E-state index is -4.64. The second-order valence-corrected chi connectivity index (χ2v) is 2.49. The van der Waals surface area contributed by atoms with Crippen molar-refractivity contribution in [1.29, 1.82) is 0 Å². The third-order valence-corrected chi connectivity index (χ3v) is 0. The first-order valence-electron chi connectivity index (χ1n) is 3.85. The molecule has 92 valence electrons. The summed E-state index contributed by atoms with van der Waals surface area (Å²) in [5.74, 6) is 0. The molecule has 0 saturated carbocycles. The van der Waals surface area contributed by atoms with E-state index in [4.69, 9.17) is 34.6 Å². The van der Waals surface area contributed by atoms with Crippen molar-refractivity contribution in [3.05, 3.63) is 0 Å². The summed E-state index contributed by atoms with van der Waals surface area (Å²) in [6.07, 6.45) is 0. The molecular formula is C6H21O7P. The molecule has 0 aromatic heterocycles. The van der Waals surface area contributed by atoms with E-state index < -0.39 is 7.82 Å². The first kappa shape index (κ1) is 23.7. The molecule has 14 heavy (non-hydrogen) atoms. The minimum absolute atomic E-state index is 0.250. The van der Waals surface area contributed by atoms with Crippen LogP contribution in [0.25, 0.3) is 0 Å². The highest BCUT2D eigenvalue weighted by molar-refractivity contribution is 7.45. The number of aliphatic hydroxyl groups is 3. The van der Waals surface area contributed by atoms with E-state index in [1.807, 2.05) is 0 Å². The zero-order valence-corrected chi connectivity index (χ0v) is 9.55. The molecule has 0 amide bonds. The highest BCUT2D eigenvalue weighted by atomic mass is 31.2. The fourth-order valence-corrected chi connectivity index (χ4v) is 0. The summed E-state index contributed by atoms with van der Waals surface area (Å²) >= 11 is 0. The van der Waals surface area contributed by atoms with Crippen molar-refractivity contribution < 1.29 is 34.6 Å². The Morgan fingerprint density at radius 1 is 0.786 bits per heavy atom. The zero-order valence-electron chi connectivity index (χ0n) is 8.66. The molecule has 7 nitrogen and oxygen atoms in total. The van der Waals surface area contributed by atoms with Crippen LogP contribution in [-0.2, 0) is 4.57 Å². The lowest BCUT2D eigenvalue weighted by Gasteiger charge is -1.82. The Morgan fingerprint density at radius 2 is 0.786 bits per heavy atom. The van der Waals surface area contributed by atoms with Crippen molar-refractivity contribution in [3.63, 3.8) is 0 Å². The van der Waals surface area contributed by atoms with E-state index in [1.165, 1.54) is 0 Å². The smallest absolute Gasteiger partial charge is 0.397 e. The monoisotopic (exact) mass is 236 g/mol. The van der Waals surface area contributed by atoms with Crippen molar-refractivity contribution in [3.8, 4) is 0 Å². The highest BCUT2D eigenvalue weighted by Gasteiger charge is 2.00. The predicted octanol–water partition coefficient (Wildman–Crippen LogP) is -0.933. The number of rotatable bonds is 0. The molecule has 0 bridgehead atoms. The number of hydrogen-bond acceptors (Lipinski definition) is 4. The van der Waals surface area contributed by atoms with Gasteiger partial charge in [0, 0.05) is 19.8 Å². The lowest BCUT2D eigenvalue weighted by molar-refractivity contribution is 0.275. The Labute approximate surface area is 83.9 Å². The first-order chi connectivity index (χ1) is 6.24. The molecule has 0 aliphatic rings. The molecule has 0 aliphatic heterocycles. The van der Waals surface area contributed by atoms with Crippen LogP contribution in [-0.4, -0.2) is 49.8 Å². The van der Waals surface area contributed by atoms with Crippen LogP contribution in [0.15, 0.2) is 0 Å². The molecular weight excluding hydrogens is 215 g/mol. The molecule has 0 aromatic rings. The molecule has 8 heteroatoms. The van der Waals surface area contributed by atoms with Gasteiger partial charge in [-0.1, -0.05) is 0 Å². The largest absolute Gasteiger partial charge is 0.466 e. The maximum absolute atomic E-state index is 8.88. The Bertz CT molecular complexity index is 89.3. The van der Waals surface area contributed by atoms with Gasteiger partial charge in [0.05, 0.1) is 0 Å². The summed E-state index contributed by atoms with van der Waals surface area (Å²) in [7, 11) is -4.64. The normalized spacial score (nSPS) is 8.07. The Morgan fingerprint density at radius 3 is 0.786 bits per heavy atom. The minimum Gasteiger partial charge on any atom is -0.397 e. The van der Waals surface area contributed by atoms with Gasteiger partial charge in [-0.25, -0.2) is 4.57 Å². The van der Waals surface area contributed by atoms with Gasteiger partial charge in [0.15, 0.2) is 0 Å². The van der Waals surface area contributed by atoms with Gasteiger partial charge in [-0.2, -0.15) is 0 Å². The predicted molar refractivity (Wildman–Crippen MR) is 52.5 cm³/mol. The van der Waals surface area contributed by atoms with Crippen LogP contribution in [0, 0.1) is 0 Å². The molecule has 0 spiro atoms. The summed E-state index contributed by atoms with van der Waals surface area (Å²) in [5.41, 5.74) is 0. The van der Waals surface area contributed by atoms with Gasteiger partial charge in [0.2, 0.25) is 0 Å². The van der Waals surface area contributed by atoms with E-state index in [0.717, 1.165) is 0 Å². The average Bonchev–Trinajstić information content (AvgIpc) is 1.86. The second-order valence-electron chi connectivity index (χ2n) is 1.46. The standard InChI is InChI=1S/3C2H6O.H3O4P/c3*1-2-3;1-5(2,3)4/h3*3H,2H2,1H3;(H3,1,2,3,4). The lowest BCUT2D eigenvalue weighted by Crippen LogP contribution is -1.66. The van der Waals surface area contributed by atoms with Gasteiger partial charge in [-0.3, -0.25) is 0 Å². The summed E-state index contributed by atoms with van der Waals surface area (Å²) in [4.78, 5) is 21.6. The molecule has 0 fully saturated rings. The maximum Gasteiger partial charge on any atom is 0.466 e. The summed E-state index contributed by atoms with van der Waals surface area (Å²) in [6.45, 7) is 5.79. The number of aliphatic hydroxyl groups excluding tert-OH is 3. The maximum atomic E-state index is 8.88. The third kappa shape index (κ3) is 14500000. The van der Waals surface area contributed by atoms with Crippen LogP contribution in [0.1, 0.15) is 20.8 Å². The van der Waals surface area contributed by atoms with E-state index in [9.17, 15) is 0 Å². The van der Waals surface area contributed by atoms with Crippen molar-refractivity contribution >= 4 is 7.82 Å². The Hall–Kier alpha value is -0.0100. The number of hydrogen-bond donors (Lipinski definition) is 6. The molecule has 0 rings (SSSR count). The van der Waals surface area contributed by atoms with Crippen LogP contribution in [0.5, 0.6) is 0 Å². The van der Waals surface area contributed by atoms with Crippen LogP contribution in [0.2, 0.25) is 0 Å². The van der Waals surface area contributed by atoms with E-state index >= 15 is 0 Å². The van der Waals surface area contributed by atoms with E-state index in [1.54, 1.807) is 20.8 Å². The molecule has 0 unspecified atom stereocenters. The van der Waals surface area contributed by atoms with Crippen LogP contribution in [0.4, 0.5) is 0 Å².